The van der Waals surface area contributed by atoms with Crippen molar-refractivity contribution >= 4 is 11.6 Å². The van der Waals surface area contributed by atoms with Gasteiger partial charge in [-0.3, -0.25) is 9.59 Å². The molecule has 3 aliphatic carbocycles. The maximum Gasteiger partial charge on any atom is 0.229 e. The predicted molar refractivity (Wildman–Crippen MR) is 167 cm³/mol. The second kappa shape index (κ2) is 11.6. The Balaban J connectivity index is 1.55. The minimum atomic E-state index is -2.04. The van der Waals surface area contributed by atoms with Gasteiger partial charge in [0.15, 0.2) is 17.3 Å². The number of phenolic OH excluding ortho intramolecular Hbond substituents is 1. The van der Waals surface area contributed by atoms with E-state index in [4.69, 9.17) is 9.47 Å². The summed E-state index contributed by atoms with van der Waals surface area (Å²) < 4.78 is 11.4. The van der Waals surface area contributed by atoms with Gasteiger partial charge in [0.1, 0.15) is 35.8 Å². The van der Waals surface area contributed by atoms with Gasteiger partial charge >= 0.3 is 0 Å². The number of fused-ring (bicyclic) bond motifs is 5. The van der Waals surface area contributed by atoms with E-state index in [0.717, 1.165) is 11.6 Å². The van der Waals surface area contributed by atoms with Crippen LogP contribution in [0.4, 0.5) is 0 Å². The van der Waals surface area contributed by atoms with E-state index in [2.05, 4.69) is 0 Å². The van der Waals surface area contributed by atoms with Crippen LogP contribution < -0.4 is 4.74 Å². The van der Waals surface area contributed by atoms with Crippen LogP contribution in [0.3, 0.4) is 0 Å². The molecule has 4 aliphatic rings. The summed E-state index contributed by atoms with van der Waals surface area (Å²) in [5.74, 6) is -2.54. The molecule has 47 heavy (non-hydrogen) atoms. The maximum absolute atomic E-state index is 14.6. The molecule has 0 radical (unpaired) electrons. The van der Waals surface area contributed by atoms with Crippen LogP contribution in [0.25, 0.3) is 0 Å². The first-order chi connectivity index (χ1) is 21.6. The first-order valence-electron chi connectivity index (χ1n) is 16.3. The number of carbonyl (C=O) groups excluding carboxylic acids is 2. The average Bonchev–Trinajstić information content (AvgIpc) is 3.19. The summed E-state index contributed by atoms with van der Waals surface area (Å²) in [5, 5.41) is 85.3. The number of aromatic hydroxyl groups is 1. The summed E-state index contributed by atoms with van der Waals surface area (Å²) in [6, 6.07) is 1.54. The molecule has 1 saturated heterocycles. The van der Waals surface area contributed by atoms with E-state index in [-0.39, 0.29) is 36.0 Å². The van der Waals surface area contributed by atoms with Crippen LogP contribution in [0.2, 0.25) is 0 Å². The molecule has 5 rings (SSSR count). The standard InChI is InChI=1S/C35H50O12/c1-16-17-8-9-22-32(4)13-19(37)29(35(7,45)23(38)10-11-31(2,3)44)33(32,5)14-24(39)34(22,6)18(17)12-20(25(16)40)46-30-28(43)27(42)26(41)21(15-36)47-30/h10-12,19,21-22,26-30,36-37,40-45H,8-9,13-15H2,1-7H3. The number of ketones is 2. The third-order valence-electron chi connectivity index (χ3n) is 12.3. The Morgan fingerprint density at radius 1 is 1.06 bits per heavy atom. The Morgan fingerprint density at radius 3 is 2.30 bits per heavy atom. The van der Waals surface area contributed by atoms with E-state index in [9.17, 15) is 50.4 Å². The van der Waals surface area contributed by atoms with E-state index in [1.807, 2.05) is 20.8 Å². The number of hydrogen-bond acceptors (Lipinski definition) is 12. The molecule has 1 aliphatic heterocycles. The van der Waals surface area contributed by atoms with E-state index >= 15 is 0 Å². The summed E-state index contributed by atoms with van der Waals surface area (Å²) in [6.45, 7) is 11.1. The normalized spacial score (nSPS) is 41.6. The van der Waals surface area contributed by atoms with Crippen molar-refractivity contribution in [2.45, 2.75) is 128 Å². The number of benzene rings is 1. The molecule has 0 amide bonds. The maximum atomic E-state index is 14.6. The third kappa shape index (κ3) is 5.27. The molecule has 12 nitrogen and oxygen atoms in total. The molecule has 12 atom stereocenters. The Hall–Kier alpha value is -2.42. The quantitative estimate of drug-likeness (QED) is 0.190. The van der Waals surface area contributed by atoms with Gasteiger partial charge in [0.25, 0.3) is 0 Å². The van der Waals surface area contributed by atoms with Crippen LogP contribution in [-0.2, 0) is 26.2 Å². The van der Waals surface area contributed by atoms with E-state index in [1.54, 1.807) is 13.0 Å². The van der Waals surface area contributed by atoms with Crippen molar-refractivity contribution in [3.05, 3.63) is 34.9 Å². The van der Waals surface area contributed by atoms with Crippen LogP contribution >= 0.6 is 0 Å². The van der Waals surface area contributed by atoms with Crippen molar-refractivity contribution < 1.29 is 59.9 Å². The molecule has 1 aromatic carbocycles. The van der Waals surface area contributed by atoms with Crippen molar-refractivity contribution in [1.82, 2.24) is 0 Å². The second-order valence-corrected chi connectivity index (χ2v) is 15.7. The van der Waals surface area contributed by atoms with Crippen LogP contribution in [0.1, 0.15) is 77.5 Å². The van der Waals surface area contributed by atoms with Crippen LogP contribution in [-0.4, -0.2) is 107 Å². The van der Waals surface area contributed by atoms with Gasteiger partial charge in [0.05, 0.1) is 23.7 Å². The second-order valence-electron chi connectivity index (χ2n) is 15.7. The lowest BCUT2D eigenvalue weighted by atomic mass is 9.41. The molecule has 1 heterocycles. The number of hydrogen-bond donors (Lipinski definition) is 8. The van der Waals surface area contributed by atoms with E-state index in [1.165, 1.54) is 26.8 Å². The van der Waals surface area contributed by atoms with Gasteiger partial charge in [-0.25, -0.2) is 0 Å². The summed E-state index contributed by atoms with van der Waals surface area (Å²) in [7, 11) is 0. The van der Waals surface area contributed by atoms with Crippen molar-refractivity contribution in [1.29, 1.82) is 0 Å². The largest absolute Gasteiger partial charge is 0.504 e. The number of rotatable bonds is 7. The highest BCUT2D eigenvalue weighted by Crippen LogP contribution is 2.72. The topological polar surface area (TPSA) is 214 Å². The third-order valence-corrected chi connectivity index (χ3v) is 12.3. The molecule has 0 spiro atoms. The molecule has 12 unspecified atom stereocenters. The number of Topliss-reactive ketones (excluding diaryl/α,β-unsaturated/α-hetero) is 1. The molecule has 0 aromatic heterocycles. The highest BCUT2D eigenvalue weighted by Gasteiger charge is 2.73. The zero-order valence-electron chi connectivity index (χ0n) is 28.1. The zero-order chi connectivity index (χ0) is 35.2. The van der Waals surface area contributed by atoms with Crippen molar-refractivity contribution in [2.75, 3.05) is 6.61 Å². The van der Waals surface area contributed by atoms with E-state index in [0.29, 0.717) is 24.0 Å². The van der Waals surface area contributed by atoms with Gasteiger partial charge in [0, 0.05) is 12.3 Å². The Morgan fingerprint density at radius 2 is 1.70 bits per heavy atom. The lowest BCUT2D eigenvalue weighted by Gasteiger charge is -2.61. The van der Waals surface area contributed by atoms with Crippen molar-refractivity contribution in [3.63, 3.8) is 0 Å². The van der Waals surface area contributed by atoms with Crippen LogP contribution in [0.15, 0.2) is 18.2 Å². The van der Waals surface area contributed by atoms with Gasteiger partial charge in [-0.05, 0) is 99.5 Å². The highest BCUT2D eigenvalue weighted by molar-refractivity contribution is 5.98. The molecule has 262 valence electrons. The van der Waals surface area contributed by atoms with Gasteiger partial charge in [-0.1, -0.05) is 19.9 Å². The van der Waals surface area contributed by atoms with Crippen LogP contribution in [0.5, 0.6) is 11.5 Å². The summed E-state index contributed by atoms with van der Waals surface area (Å²) >= 11 is 0. The van der Waals surface area contributed by atoms with Crippen molar-refractivity contribution in [3.8, 4) is 11.5 Å². The monoisotopic (exact) mass is 662 g/mol. The van der Waals surface area contributed by atoms with E-state index < -0.39 is 82.6 Å². The summed E-state index contributed by atoms with van der Waals surface area (Å²) in [4.78, 5) is 27.9. The first-order valence-corrected chi connectivity index (χ1v) is 16.3. The highest BCUT2D eigenvalue weighted by atomic mass is 16.7. The average molecular weight is 663 g/mol. The lowest BCUT2D eigenvalue weighted by molar-refractivity contribution is -0.277. The van der Waals surface area contributed by atoms with Crippen LogP contribution in [0, 0.1) is 29.6 Å². The van der Waals surface area contributed by atoms with Gasteiger partial charge in [-0.2, -0.15) is 0 Å². The number of aliphatic hydroxyl groups is 7. The fraction of sp³-hybridized carbons (Fsp3) is 0.714. The van der Waals surface area contributed by atoms with Gasteiger partial charge < -0.3 is 50.3 Å². The molecule has 3 fully saturated rings. The minimum Gasteiger partial charge on any atom is -0.504 e. The number of ether oxygens (including phenoxy) is 2. The molecule has 8 N–H and O–H groups in total. The summed E-state index contributed by atoms with van der Waals surface area (Å²) in [6.07, 6.45) is -5.29. The summed E-state index contributed by atoms with van der Waals surface area (Å²) in [5.41, 5.74) is -4.36. The molecule has 0 bridgehead atoms. The number of phenols is 1. The lowest BCUT2D eigenvalue weighted by Crippen LogP contribution is -2.63. The molecule has 2 saturated carbocycles. The molecule has 1 aromatic rings. The predicted octanol–water partition coefficient (Wildman–Crippen LogP) is 0.713. The first kappa shape index (κ1) is 35.9. The smallest absolute Gasteiger partial charge is 0.229 e. The van der Waals surface area contributed by atoms with Crippen molar-refractivity contribution in [2.24, 2.45) is 22.7 Å². The fourth-order valence-corrected chi connectivity index (χ4v) is 9.58. The molecular weight excluding hydrogens is 612 g/mol. The SMILES string of the molecule is Cc1c(O)c(OC2OC(CO)C(O)C(O)C2O)cc2c1CCC1C2(C)C(=O)CC2(C)C(C(C)(O)C(=O)C=CC(C)(C)O)C(O)CC12C. The number of carbonyl (C=O) groups is 2. The molecular formula is C35H50O12. The molecule has 12 heteroatoms. The zero-order valence-corrected chi connectivity index (χ0v) is 28.1. The van der Waals surface area contributed by atoms with Gasteiger partial charge in [0.2, 0.25) is 6.29 Å². The Kier molecular flexibility index (Phi) is 8.84. The van der Waals surface area contributed by atoms with Gasteiger partial charge in [-0.15, -0.1) is 0 Å². The Bertz CT molecular complexity index is 1460. The minimum absolute atomic E-state index is 0.0564. The fourth-order valence-electron chi connectivity index (χ4n) is 9.58. The Labute approximate surface area is 274 Å². The number of aliphatic hydroxyl groups excluding tert-OH is 5.